The molecule has 14 heavy (non-hydrogen) atoms. The Bertz CT molecular complexity index is 323. The Morgan fingerprint density at radius 1 is 1.21 bits per heavy atom. The van der Waals surface area contributed by atoms with Gasteiger partial charge in [0.25, 0.3) is 0 Å². The van der Waals surface area contributed by atoms with Crippen LogP contribution in [0.1, 0.15) is 31.2 Å². The van der Waals surface area contributed by atoms with Crippen LogP contribution in [-0.2, 0) is 5.60 Å². The van der Waals surface area contributed by atoms with Gasteiger partial charge in [-0.05, 0) is 25.0 Å². The monoisotopic (exact) mass is 193 g/mol. The van der Waals surface area contributed by atoms with Crippen molar-refractivity contribution in [3.63, 3.8) is 0 Å². The number of phenols is 1. The number of aromatic hydroxyl groups is 1. The van der Waals surface area contributed by atoms with Gasteiger partial charge in [0, 0.05) is 11.3 Å². The molecule has 3 nitrogen and oxygen atoms in total. The molecular formula is C11H15NO2. The molecule has 0 saturated heterocycles. The summed E-state index contributed by atoms with van der Waals surface area (Å²) in [5.74, 6) is 0.106. The Hall–Kier alpha value is -1.22. The first-order chi connectivity index (χ1) is 6.63. The van der Waals surface area contributed by atoms with E-state index in [1.54, 1.807) is 18.2 Å². The minimum Gasteiger partial charge on any atom is -0.507 e. The van der Waals surface area contributed by atoms with E-state index in [0.717, 1.165) is 12.8 Å². The second-order valence-corrected chi connectivity index (χ2v) is 3.98. The summed E-state index contributed by atoms with van der Waals surface area (Å²) in [6, 6.07) is 4.97. The number of aliphatic hydroxyl groups is 1. The number of anilines is 1. The van der Waals surface area contributed by atoms with Crippen LogP contribution in [0.15, 0.2) is 18.2 Å². The van der Waals surface area contributed by atoms with E-state index in [-0.39, 0.29) is 5.75 Å². The van der Waals surface area contributed by atoms with Gasteiger partial charge in [-0.15, -0.1) is 0 Å². The lowest BCUT2D eigenvalue weighted by molar-refractivity contribution is 0.0429. The van der Waals surface area contributed by atoms with Crippen LogP contribution < -0.4 is 5.73 Å². The fourth-order valence-corrected chi connectivity index (χ4v) is 2.27. The van der Waals surface area contributed by atoms with Crippen LogP contribution in [0.4, 0.5) is 5.69 Å². The first-order valence-corrected chi connectivity index (χ1v) is 4.94. The molecule has 1 saturated carbocycles. The number of nitrogens with two attached hydrogens (primary N) is 1. The predicted octanol–water partition coefficient (Wildman–Crippen LogP) is 1.74. The van der Waals surface area contributed by atoms with Crippen LogP contribution in [0.5, 0.6) is 5.75 Å². The highest BCUT2D eigenvalue weighted by molar-refractivity contribution is 5.56. The molecule has 1 aromatic rings. The van der Waals surface area contributed by atoms with E-state index in [2.05, 4.69) is 0 Å². The number of nitrogen functional groups attached to an aromatic ring is 1. The third kappa shape index (κ3) is 1.34. The van der Waals surface area contributed by atoms with Gasteiger partial charge in [0.1, 0.15) is 5.75 Å². The molecule has 1 aromatic carbocycles. The van der Waals surface area contributed by atoms with Crippen LogP contribution in [0.2, 0.25) is 0 Å². The van der Waals surface area contributed by atoms with Crippen molar-refractivity contribution in [2.24, 2.45) is 0 Å². The Morgan fingerprint density at radius 3 is 2.43 bits per heavy atom. The lowest BCUT2D eigenvalue weighted by Gasteiger charge is -2.25. The molecule has 0 aromatic heterocycles. The van der Waals surface area contributed by atoms with Crippen molar-refractivity contribution in [3.8, 4) is 5.75 Å². The molecule has 0 amide bonds. The molecule has 3 heteroatoms. The van der Waals surface area contributed by atoms with Crippen molar-refractivity contribution in [1.82, 2.24) is 0 Å². The fourth-order valence-electron chi connectivity index (χ4n) is 2.27. The normalized spacial score (nSPS) is 19.8. The number of phenolic OH excluding ortho intramolecular Hbond substituents is 1. The lowest BCUT2D eigenvalue weighted by atomic mass is 9.90. The average Bonchev–Trinajstić information content (AvgIpc) is 2.52. The van der Waals surface area contributed by atoms with Gasteiger partial charge in [0.15, 0.2) is 0 Å². The van der Waals surface area contributed by atoms with Gasteiger partial charge >= 0.3 is 0 Å². The van der Waals surface area contributed by atoms with E-state index in [4.69, 9.17) is 5.73 Å². The molecule has 0 unspecified atom stereocenters. The van der Waals surface area contributed by atoms with Gasteiger partial charge in [-0.1, -0.05) is 18.9 Å². The minimum atomic E-state index is -0.907. The average molecular weight is 193 g/mol. The van der Waals surface area contributed by atoms with Crippen LogP contribution in [-0.4, -0.2) is 10.2 Å². The molecule has 0 spiro atoms. The maximum Gasteiger partial charge on any atom is 0.123 e. The zero-order valence-electron chi connectivity index (χ0n) is 8.03. The third-order valence-electron chi connectivity index (χ3n) is 2.97. The molecule has 76 valence electrons. The quantitative estimate of drug-likeness (QED) is 0.595. The highest BCUT2D eigenvalue weighted by Crippen LogP contribution is 2.44. The minimum absolute atomic E-state index is 0.106. The Labute approximate surface area is 83.2 Å². The summed E-state index contributed by atoms with van der Waals surface area (Å²) in [7, 11) is 0. The van der Waals surface area contributed by atoms with E-state index in [1.165, 1.54) is 0 Å². The highest BCUT2D eigenvalue weighted by Gasteiger charge is 2.36. The van der Waals surface area contributed by atoms with Crippen molar-refractivity contribution in [2.45, 2.75) is 31.3 Å². The molecule has 0 atom stereocenters. The SMILES string of the molecule is Nc1cccc(O)c1C1(O)CCCC1. The number of hydrogen-bond donors (Lipinski definition) is 3. The number of benzene rings is 1. The summed E-state index contributed by atoms with van der Waals surface area (Å²) in [4.78, 5) is 0. The van der Waals surface area contributed by atoms with Crippen LogP contribution in [0.25, 0.3) is 0 Å². The molecule has 0 radical (unpaired) electrons. The maximum absolute atomic E-state index is 10.3. The zero-order valence-corrected chi connectivity index (χ0v) is 8.03. The first-order valence-electron chi connectivity index (χ1n) is 4.94. The topological polar surface area (TPSA) is 66.5 Å². The van der Waals surface area contributed by atoms with Gasteiger partial charge in [0.2, 0.25) is 0 Å². The summed E-state index contributed by atoms with van der Waals surface area (Å²) in [5, 5.41) is 20.0. The summed E-state index contributed by atoms with van der Waals surface area (Å²) in [6.07, 6.45) is 3.36. The summed E-state index contributed by atoms with van der Waals surface area (Å²) < 4.78 is 0. The van der Waals surface area contributed by atoms with Crippen molar-refractivity contribution in [3.05, 3.63) is 23.8 Å². The molecule has 0 heterocycles. The highest BCUT2D eigenvalue weighted by atomic mass is 16.3. The first kappa shape index (κ1) is 9.34. The second-order valence-electron chi connectivity index (χ2n) is 3.98. The summed E-state index contributed by atoms with van der Waals surface area (Å²) >= 11 is 0. The fraction of sp³-hybridized carbons (Fsp3) is 0.455. The van der Waals surface area contributed by atoms with Crippen LogP contribution in [0.3, 0.4) is 0 Å². The van der Waals surface area contributed by atoms with E-state index in [0.29, 0.717) is 24.1 Å². The molecule has 0 bridgehead atoms. The maximum atomic E-state index is 10.3. The third-order valence-corrected chi connectivity index (χ3v) is 2.97. The van der Waals surface area contributed by atoms with Gasteiger partial charge in [-0.2, -0.15) is 0 Å². The van der Waals surface area contributed by atoms with E-state index in [1.807, 2.05) is 0 Å². The van der Waals surface area contributed by atoms with Gasteiger partial charge in [-0.3, -0.25) is 0 Å². The van der Waals surface area contributed by atoms with Crippen molar-refractivity contribution >= 4 is 5.69 Å². The standard InChI is InChI=1S/C11H15NO2/c12-8-4-3-5-9(13)10(8)11(14)6-1-2-7-11/h3-5,13-14H,1-2,6-7,12H2. The van der Waals surface area contributed by atoms with Crippen molar-refractivity contribution in [2.75, 3.05) is 5.73 Å². The Morgan fingerprint density at radius 2 is 1.86 bits per heavy atom. The Balaban J connectivity index is 2.49. The van der Waals surface area contributed by atoms with E-state index in [9.17, 15) is 10.2 Å². The largest absolute Gasteiger partial charge is 0.507 e. The van der Waals surface area contributed by atoms with E-state index < -0.39 is 5.60 Å². The molecule has 1 aliphatic rings. The molecule has 0 aliphatic heterocycles. The van der Waals surface area contributed by atoms with Gasteiger partial charge in [-0.25, -0.2) is 0 Å². The van der Waals surface area contributed by atoms with Gasteiger partial charge in [0.05, 0.1) is 5.60 Å². The number of rotatable bonds is 1. The van der Waals surface area contributed by atoms with Gasteiger partial charge < -0.3 is 15.9 Å². The Kier molecular flexibility index (Phi) is 2.11. The second kappa shape index (κ2) is 3.17. The van der Waals surface area contributed by atoms with Crippen molar-refractivity contribution in [1.29, 1.82) is 0 Å². The summed E-state index contributed by atoms with van der Waals surface area (Å²) in [5.41, 5.74) is 5.85. The number of hydrogen-bond acceptors (Lipinski definition) is 3. The summed E-state index contributed by atoms with van der Waals surface area (Å²) in [6.45, 7) is 0. The zero-order chi connectivity index (χ0) is 10.2. The molecule has 1 fully saturated rings. The predicted molar refractivity (Wildman–Crippen MR) is 54.9 cm³/mol. The van der Waals surface area contributed by atoms with Crippen LogP contribution >= 0.6 is 0 Å². The molecular weight excluding hydrogens is 178 g/mol. The van der Waals surface area contributed by atoms with Crippen molar-refractivity contribution < 1.29 is 10.2 Å². The van der Waals surface area contributed by atoms with E-state index >= 15 is 0 Å². The smallest absolute Gasteiger partial charge is 0.123 e. The lowest BCUT2D eigenvalue weighted by Crippen LogP contribution is -2.22. The molecule has 2 rings (SSSR count). The van der Waals surface area contributed by atoms with Crippen LogP contribution in [0, 0.1) is 0 Å². The molecule has 1 aliphatic carbocycles. The molecule has 4 N–H and O–H groups in total.